The quantitative estimate of drug-likeness (QED) is 0.892. The molecule has 3 N–H and O–H groups in total. The predicted molar refractivity (Wildman–Crippen MR) is 76.3 cm³/mol. The summed E-state index contributed by atoms with van der Waals surface area (Å²) in [6.45, 7) is 2.26. The lowest BCUT2D eigenvalue weighted by Gasteiger charge is -2.28. The van der Waals surface area contributed by atoms with Crippen molar-refractivity contribution in [2.45, 2.75) is 43.5 Å². The summed E-state index contributed by atoms with van der Waals surface area (Å²) >= 11 is 0. The van der Waals surface area contributed by atoms with Crippen molar-refractivity contribution in [2.24, 2.45) is 11.7 Å². The van der Waals surface area contributed by atoms with Crippen molar-refractivity contribution >= 4 is 10.0 Å². The second kappa shape index (κ2) is 6.20. The highest BCUT2D eigenvalue weighted by atomic mass is 32.2. The number of nitrogens with two attached hydrogens (primary N) is 1. The first-order valence-corrected chi connectivity index (χ1v) is 8.39. The molecule has 4 nitrogen and oxygen atoms in total. The maximum Gasteiger partial charge on any atom is 0.241 e. The Morgan fingerprint density at radius 1 is 1.30 bits per heavy atom. The Morgan fingerprint density at radius 2 is 1.95 bits per heavy atom. The van der Waals surface area contributed by atoms with E-state index in [4.69, 9.17) is 5.73 Å². The topological polar surface area (TPSA) is 72.2 Å². The lowest BCUT2D eigenvalue weighted by Crippen LogP contribution is -2.38. The standard InChI is InChI=1S/C14H21FN2O2S/c1-10-8-12(15)4-7-14(10)20(18,19)17-13-5-2-11(9-16)3-6-13/h4,7-8,11,13,17H,2-3,5-6,9,16H2,1H3. The largest absolute Gasteiger partial charge is 0.330 e. The fourth-order valence-electron chi connectivity index (χ4n) is 2.71. The van der Waals surface area contributed by atoms with Gasteiger partial charge in [0.05, 0.1) is 4.90 Å². The molecule has 1 aliphatic carbocycles. The van der Waals surface area contributed by atoms with Crippen molar-refractivity contribution in [2.75, 3.05) is 6.54 Å². The molecule has 112 valence electrons. The lowest BCUT2D eigenvalue weighted by molar-refractivity contribution is 0.319. The number of hydrogen-bond acceptors (Lipinski definition) is 3. The minimum Gasteiger partial charge on any atom is -0.330 e. The molecule has 0 spiro atoms. The first kappa shape index (κ1) is 15.4. The van der Waals surface area contributed by atoms with Gasteiger partial charge in [-0.1, -0.05) is 0 Å². The van der Waals surface area contributed by atoms with Crippen LogP contribution in [0.15, 0.2) is 23.1 Å². The predicted octanol–water partition coefficient (Wildman–Crippen LogP) is 1.93. The normalized spacial score (nSPS) is 23.8. The van der Waals surface area contributed by atoms with Gasteiger partial charge in [0.2, 0.25) is 10.0 Å². The van der Waals surface area contributed by atoms with E-state index in [1.54, 1.807) is 6.92 Å². The van der Waals surface area contributed by atoms with Crippen LogP contribution in [0.2, 0.25) is 0 Å². The second-order valence-corrected chi connectivity index (χ2v) is 7.17. The van der Waals surface area contributed by atoms with Crippen molar-refractivity contribution in [3.8, 4) is 0 Å². The Hall–Kier alpha value is -0.980. The molecular formula is C14H21FN2O2S. The summed E-state index contributed by atoms with van der Waals surface area (Å²) in [6.07, 6.45) is 3.51. The average Bonchev–Trinajstić information content (AvgIpc) is 2.38. The molecule has 6 heteroatoms. The Labute approximate surface area is 119 Å². The number of sulfonamides is 1. The van der Waals surface area contributed by atoms with E-state index in [-0.39, 0.29) is 10.9 Å². The van der Waals surface area contributed by atoms with Crippen LogP contribution in [0, 0.1) is 18.7 Å². The van der Waals surface area contributed by atoms with Gasteiger partial charge in [0.15, 0.2) is 0 Å². The minimum atomic E-state index is -3.58. The van der Waals surface area contributed by atoms with Gasteiger partial charge in [-0.3, -0.25) is 0 Å². The molecule has 0 radical (unpaired) electrons. The van der Waals surface area contributed by atoms with Crippen molar-refractivity contribution in [3.05, 3.63) is 29.6 Å². The molecule has 0 atom stereocenters. The average molecular weight is 300 g/mol. The molecule has 0 saturated heterocycles. The minimum absolute atomic E-state index is 0.0488. The van der Waals surface area contributed by atoms with Crippen LogP contribution in [0.1, 0.15) is 31.2 Å². The Bertz CT molecular complexity index is 567. The third-order valence-electron chi connectivity index (χ3n) is 3.93. The number of hydrogen-bond donors (Lipinski definition) is 2. The van der Waals surface area contributed by atoms with E-state index in [1.807, 2.05) is 0 Å². The first-order valence-electron chi connectivity index (χ1n) is 6.91. The van der Waals surface area contributed by atoms with Crippen LogP contribution in [0.25, 0.3) is 0 Å². The summed E-state index contributed by atoms with van der Waals surface area (Å²) < 4.78 is 40.4. The third-order valence-corrected chi connectivity index (χ3v) is 5.61. The smallest absolute Gasteiger partial charge is 0.241 e. The van der Waals surface area contributed by atoms with Gasteiger partial charge in [-0.2, -0.15) is 0 Å². The highest BCUT2D eigenvalue weighted by Crippen LogP contribution is 2.25. The Balaban J connectivity index is 2.08. The molecule has 1 fully saturated rings. The van der Waals surface area contributed by atoms with E-state index in [1.165, 1.54) is 18.2 Å². The lowest BCUT2D eigenvalue weighted by atomic mass is 9.87. The van der Waals surface area contributed by atoms with Gasteiger partial charge in [-0.05, 0) is 68.8 Å². The highest BCUT2D eigenvalue weighted by molar-refractivity contribution is 7.89. The van der Waals surface area contributed by atoms with E-state index >= 15 is 0 Å². The number of rotatable bonds is 4. The SMILES string of the molecule is Cc1cc(F)ccc1S(=O)(=O)NC1CCC(CN)CC1. The summed E-state index contributed by atoms with van der Waals surface area (Å²) in [5, 5.41) is 0. The molecule has 0 aromatic heterocycles. The van der Waals surface area contributed by atoms with Crippen LogP contribution in [-0.2, 0) is 10.0 Å². The van der Waals surface area contributed by atoms with E-state index in [2.05, 4.69) is 4.72 Å². The second-order valence-electron chi connectivity index (χ2n) is 5.48. The zero-order chi connectivity index (χ0) is 14.8. The van der Waals surface area contributed by atoms with E-state index in [9.17, 15) is 12.8 Å². The van der Waals surface area contributed by atoms with Crippen LogP contribution in [-0.4, -0.2) is 21.0 Å². The fraction of sp³-hybridized carbons (Fsp3) is 0.571. The fourth-order valence-corrected chi connectivity index (χ4v) is 4.24. The van der Waals surface area contributed by atoms with E-state index < -0.39 is 15.8 Å². The van der Waals surface area contributed by atoms with Gasteiger partial charge in [0, 0.05) is 6.04 Å². The van der Waals surface area contributed by atoms with Gasteiger partial charge in [-0.25, -0.2) is 17.5 Å². The van der Waals surface area contributed by atoms with Crippen LogP contribution < -0.4 is 10.5 Å². The summed E-state index contributed by atoms with van der Waals surface area (Å²) in [6, 6.07) is 3.68. The molecule has 0 amide bonds. The maximum absolute atomic E-state index is 13.0. The molecular weight excluding hydrogens is 279 g/mol. The van der Waals surface area contributed by atoms with E-state index in [0.717, 1.165) is 25.7 Å². The molecule has 1 saturated carbocycles. The van der Waals surface area contributed by atoms with Gasteiger partial charge >= 0.3 is 0 Å². The van der Waals surface area contributed by atoms with Crippen LogP contribution in [0.3, 0.4) is 0 Å². The Morgan fingerprint density at radius 3 is 2.50 bits per heavy atom. The molecule has 1 aromatic rings. The van der Waals surface area contributed by atoms with Crippen LogP contribution in [0.4, 0.5) is 4.39 Å². The van der Waals surface area contributed by atoms with Gasteiger partial charge in [0.25, 0.3) is 0 Å². The van der Waals surface area contributed by atoms with Crippen molar-refractivity contribution in [3.63, 3.8) is 0 Å². The molecule has 20 heavy (non-hydrogen) atoms. The molecule has 0 heterocycles. The van der Waals surface area contributed by atoms with Gasteiger partial charge < -0.3 is 5.73 Å². The van der Waals surface area contributed by atoms with Crippen molar-refractivity contribution < 1.29 is 12.8 Å². The van der Waals surface area contributed by atoms with Crippen molar-refractivity contribution in [1.82, 2.24) is 4.72 Å². The summed E-state index contributed by atoms with van der Waals surface area (Å²) in [5.74, 6) is 0.0771. The number of nitrogens with one attached hydrogen (secondary N) is 1. The number of halogens is 1. The molecule has 2 rings (SSSR count). The van der Waals surface area contributed by atoms with Crippen LogP contribution >= 0.6 is 0 Å². The van der Waals surface area contributed by atoms with Gasteiger partial charge in [-0.15, -0.1) is 0 Å². The maximum atomic E-state index is 13.0. The molecule has 1 aliphatic rings. The van der Waals surface area contributed by atoms with Gasteiger partial charge in [0.1, 0.15) is 5.82 Å². The molecule has 0 unspecified atom stereocenters. The Kier molecular flexibility index (Phi) is 4.78. The highest BCUT2D eigenvalue weighted by Gasteiger charge is 2.26. The molecule has 0 aliphatic heterocycles. The first-order chi connectivity index (χ1) is 9.42. The third kappa shape index (κ3) is 3.56. The van der Waals surface area contributed by atoms with Crippen molar-refractivity contribution in [1.29, 1.82) is 0 Å². The monoisotopic (exact) mass is 300 g/mol. The van der Waals surface area contributed by atoms with Crippen LogP contribution in [0.5, 0.6) is 0 Å². The van der Waals surface area contributed by atoms with E-state index in [0.29, 0.717) is 18.0 Å². The summed E-state index contributed by atoms with van der Waals surface area (Å²) in [4.78, 5) is 0.153. The number of benzene rings is 1. The number of aryl methyl sites for hydroxylation is 1. The zero-order valence-corrected chi connectivity index (χ0v) is 12.4. The molecule has 0 bridgehead atoms. The summed E-state index contributed by atoms with van der Waals surface area (Å²) in [5.41, 5.74) is 6.05. The zero-order valence-electron chi connectivity index (χ0n) is 11.6. The summed E-state index contributed by atoms with van der Waals surface area (Å²) in [7, 11) is -3.58. The molecule has 1 aromatic carbocycles.